The second kappa shape index (κ2) is 8.16. The van der Waals surface area contributed by atoms with E-state index in [1.165, 1.54) is 0 Å². The maximum Gasteiger partial charge on any atom is 0.226 e. The number of anilines is 1. The van der Waals surface area contributed by atoms with E-state index in [0.717, 1.165) is 0 Å². The van der Waals surface area contributed by atoms with Crippen LogP contribution in [0.4, 0.5) is 5.69 Å². The molecular formula is C14H21N3O3. The second-order valence-corrected chi connectivity index (χ2v) is 4.29. The Labute approximate surface area is 118 Å². The molecule has 1 aromatic rings. The van der Waals surface area contributed by atoms with Gasteiger partial charge in [0.25, 0.3) is 0 Å². The first-order valence-corrected chi connectivity index (χ1v) is 6.52. The summed E-state index contributed by atoms with van der Waals surface area (Å²) in [6.07, 6.45) is 1.11. The SMILES string of the molecule is CCOCCCC(=O)N(C)c1cccc(/C(N)=N/O)c1. The molecule has 0 heterocycles. The predicted octanol–water partition coefficient (Wildman–Crippen LogP) is 1.56. The van der Waals surface area contributed by atoms with Crippen LogP contribution in [-0.2, 0) is 9.53 Å². The van der Waals surface area contributed by atoms with Gasteiger partial charge in [-0.15, -0.1) is 0 Å². The van der Waals surface area contributed by atoms with Gasteiger partial charge in [-0.2, -0.15) is 0 Å². The Bertz CT molecular complexity index is 474. The first-order valence-electron chi connectivity index (χ1n) is 6.52. The van der Waals surface area contributed by atoms with Crippen molar-refractivity contribution < 1.29 is 14.7 Å². The number of ether oxygens (including phenoxy) is 1. The molecule has 6 nitrogen and oxygen atoms in total. The van der Waals surface area contributed by atoms with Gasteiger partial charge in [0.15, 0.2) is 5.84 Å². The molecule has 0 unspecified atom stereocenters. The summed E-state index contributed by atoms with van der Waals surface area (Å²) in [6, 6.07) is 6.97. The molecule has 0 bridgehead atoms. The number of hydrogen-bond acceptors (Lipinski definition) is 4. The first-order chi connectivity index (χ1) is 9.60. The molecule has 0 spiro atoms. The van der Waals surface area contributed by atoms with Crippen molar-refractivity contribution in [3.8, 4) is 0 Å². The molecule has 110 valence electrons. The molecule has 0 aliphatic heterocycles. The van der Waals surface area contributed by atoms with Crippen molar-refractivity contribution in [1.29, 1.82) is 0 Å². The summed E-state index contributed by atoms with van der Waals surface area (Å²) in [5.41, 5.74) is 6.81. The average molecular weight is 279 g/mol. The number of nitrogens with zero attached hydrogens (tertiary/aromatic N) is 2. The maximum absolute atomic E-state index is 12.0. The Morgan fingerprint density at radius 2 is 2.25 bits per heavy atom. The van der Waals surface area contributed by atoms with Crippen LogP contribution in [0.2, 0.25) is 0 Å². The number of amides is 1. The maximum atomic E-state index is 12.0. The molecule has 20 heavy (non-hydrogen) atoms. The molecule has 0 aliphatic carbocycles. The first kappa shape index (κ1) is 16.0. The molecule has 1 amide bonds. The smallest absolute Gasteiger partial charge is 0.226 e. The Balaban J connectivity index is 2.67. The standard InChI is InChI=1S/C14H21N3O3/c1-3-20-9-5-8-13(18)17(2)12-7-4-6-11(10-12)14(15)16-19/h4,6-7,10,19H,3,5,8-9H2,1-2H3,(H2,15,16). The lowest BCUT2D eigenvalue weighted by atomic mass is 10.1. The van der Waals surface area contributed by atoms with Gasteiger partial charge >= 0.3 is 0 Å². The second-order valence-electron chi connectivity index (χ2n) is 4.29. The highest BCUT2D eigenvalue weighted by Crippen LogP contribution is 2.16. The van der Waals surface area contributed by atoms with E-state index in [1.807, 2.05) is 6.92 Å². The number of rotatable bonds is 7. The number of benzene rings is 1. The third-order valence-corrected chi connectivity index (χ3v) is 2.89. The van der Waals surface area contributed by atoms with Gasteiger partial charge in [-0.25, -0.2) is 0 Å². The molecule has 0 saturated carbocycles. The van der Waals surface area contributed by atoms with E-state index in [-0.39, 0.29) is 11.7 Å². The highest BCUT2D eigenvalue weighted by molar-refractivity contribution is 5.99. The monoisotopic (exact) mass is 279 g/mol. The van der Waals surface area contributed by atoms with E-state index < -0.39 is 0 Å². The zero-order valence-corrected chi connectivity index (χ0v) is 11.9. The zero-order valence-electron chi connectivity index (χ0n) is 11.9. The summed E-state index contributed by atoms with van der Waals surface area (Å²) in [5.74, 6) is 0.0189. The minimum atomic E-state index is 0.00126. The van der Waals surface area contributed by atoms with Crippen LogP contribution in [0.25, 0.3) is 0 Å². The van der Waals surface area contributed by atoms with Gasteiger partial charge in [0, 0.05) is 37.9 Å². The lowest BCUT2D eigenvalue weighted by molar-refractivity contribution is -0.118. The molecule has 3 N–H and O–H groups in total. The third-order valence-electron chi connectivity index (χ3n) is 2.89. The zero-order chi connectivity index (χ0) is 15.0. The summed E-state index contributed by atoms with van der Waals surface area (Å²) in [4.78, 5) is 13.6. The Morgan fingerprint density at radius 3 is 2.90 bits per heavy atom. The van der Waals surface area contributed by atoms with Gasteiger partial charge in [-0.1, -0.05) is 17.3 Å². The molecule has 0 aromatic heterocycles. The van der Waals surface area contributed by atoms with Gasteiger partial charge in [-0.05, 0) is 25.5 Å². The van der Waals surface area contributed by atoms with E-state index >= 15 is 0 Å². The normalized spacial score (nSPS) is 11.4. The van der Waals surface area contributed by atoms with Crippen molar-refractivity contribution in [2.75, 3.05) is 25.2 Å². The summed E-state index contributed by atoms with van der Waals surface area (Å²) >= 11 is 0. The predicted molar refractivity (Wildman–Crippen MR) is 78.1 cm³/mol. The highest BCUT2D eigenvalue weighted by Gasteiger charge is 2.11. The lowest BCUT2D eigenvalue weighted by Gasteiger charge is -2.18. The molecule has 6 heteroatoms. The van der Waals surface area contributed by atoms with Crippen molar-refractivity contribution >= 4 is 17.4 Å². The van der Waals surface area contributed by atoms with Crippen molar-refractivity contribution in [2.24, 2.45) is 10.9 Å². The molecule has 0 fully saturated rings. The van der Waals surface area contributed by atoms with Crippen LogP contribution in [0.3, 0.4) is 0 Å². The van der Waals surface area contributed by atoms with E-state index in [1.54, 1.807) is 36.2 Å². The molecule has 0 saturated heterocycles. The van der Waals surface area contributed by atoms with E-state index in [9.17, 15) is 4.79 Å². The number of amidine groups is 1. The number of nitrogens with two attached hydrogens (primary N) is 1. The largest absolute Gasteiger partial charge is 0.409 e. The van der Waals surface area contributed by atoms with Crippen molar-refractivity contribution in [3.63, 3.8) is 0 Å². The van der Waals surface area contributed by atoms with Crippen LogP contribution in [0, 0.1) is 0 Å². The van der Waals surface area contributed by atoms with Crippen LogP contribution in [0.15, 0.2) is 29.4 Å². The number of hydrogen-bond donors (Lipinski definition) is 2. The van der Waals surface area contributed by atoms with Gasteiger partial charge < -0.3 is 20.6 Å². The molecule has 0 aliphatic rings. The van der Waals surface area contributed by atoms with Crippen LogP contribution in [-0.4, -0.2) is 37.2 Å². The summed E-state index contributed by atoms with van der Waals surface area (Å²) in [5, 5.41) is 11.6. The van der Waals surface area contributed by atoms with Crippen LogP contribution < -0.4 is 10.6 Å². The van der Waals surface area contributed by atoms with Crippen molar-refractivity contribution in [1.82, 2.24) is 0 Å². The van der Waals surface area contributed by atoms with E-state index in [2.05, 4.69) is 5.16 Å². The fourth-order valence-corrected chi connectivity index (χ4v) is 1.71. The molecular weight excluding hydrogens is 258 g/mol. The summed E-state index contributed by atoms with van der Waals surface area (Å²) in [7, 11) is 1.70. The Hall–Kier alpha value is -2.08. The van der Waals surface area contributed by atoms with Crippen LogP contribution in [0.1, 0.15) is 25.3 Å². The Kier molecular flexibility index (Phi) is 6.52. The Morgan fingerprint density at radius 1 is 1.50 bits per heavy atom. The fourth-order valence-electron chi connectivity index (χ4n) is 1.71. The van der Waals surface area contributed by atoms with E-state index in [0.29, 0.717) is 37.3 Å². The number of carbonyl (C=O) groups excluding carboxylic acids is 1. The van der Waals surface area contributed by atoms with Crippen LogP contribution in [0.5, 0.6) is 0 Å². The van der Waals surface area contributed by atoms with Crippen molar-refractivity contribution in [3.05, 3.63) is 29.8 Å². The number of oxime groups is 1. The van der Waals surface area contributed by atoms with Gasteiger partial charge in [0.05, 0.1) is 0 Å². The van der Waals surface area contributed by atoms with Crippen LogP contribution >= 0.6 is 0 Å². The fraction of sp³-hybridized carbons (Fsp3) is 0.429. The minimum Gasteiger partial charge on any atom is -0.409 e. The minimum absolute atomic E-state index is 0.00126. The molecule has 1 rings (SSSR count). The van der Waals surface area contributed by atoms with Gasteiger partial charge in [0.2, 0.25) is 5.91 Å². The summed E-state index contributed by atoms with van der Waals surface area (Å²) < 4.78 is 5.20. The highest BCUT2D eigenvalue weighted by atomic mass is 16.5. The lowest BCUT2D eigenvalue weighted by Crippen LogP contribution is -2.26. The van der Waals surface area contributed by atoms with Gasteiger partial charge in [-0.3, -0.25) is 4.79 Å². The number of carbonyl (C=O) groups is 1. The van der Waals surface area contributed by atoms with Crippen molar-refractivity contribution in [2.45, 2.75) is 19.8 Å². The quantitative estimate of drug-likeness (QED) is 0.261. The van der Waals surface area contributed by atoms with E-state index in [4.69, 9.17) is 15.7 Å². The average Bonchev–Trinajstić information content (AvgIpc) is 2.49. The third kappa shape index (κ3) is 4.55. The van der Waals surface area contributed by atoms with Gasteiger partial charge in [0.1, 0.15) is 0 Å². The molecule has 0 atom stereocenters. The molecule has 1 aromatic carbocycles. The summed E-state index contributed by atoms with van der Waals surface area (Å²) in [6.45, 7) is 3.17. The molecule has 0 radical (unpaired) electrons. The topological polar surface area (TPSA) is 88.2 Å².